The number of morpholine rings is 1. The third-order valence-corrected chi connectivity index (χ3v) is 5.40. The predicted octanol–water partition coefficient (Wildman–Crippen LogP) is 0.747. The van der Waals surface area contributed by atoms with E-state index in [0.29, 0.717) is 43.3 Å². The number of nitrogens with two attached hydrogens (primary N) is 2. The van der Waals surface area contributed by atoms with Crippen molar-refractivity contribution in [3.63, 3.8) is 0 Å². The average molecular weight is 384 g/mol. The second kappa shape index (κ2) is 6.92. The molecule has 2 atom stereocenters. The first-order valence-corrected chi connectivity index (χ1v) is 9.27. The smallest absolute Gasteiger partial charge is 0.254 e. The topological polar surface area (TPSA) is 133 Å². The van der Waals surface area contributed by atoms with Crippen LogP contribution >= 0.6 is 0 Å². The van der Waals surface area contributed by atoms with Crippen molar-refractivity contribution in [2.45, 2.75) is 20.0 Å². The molecule has 2 aromatic heterocycles. The first-order valence-electron chi connectivity index (χ1n) is 9.27. The number of carbonyl (C=O) groups excluding carboxylic acids is 1. The SMILES string of the molecule is CC1=C(n2c(N)c(C(N)=O)c3nc(N4CCOCC4)cnc32)[C@H](C)[C@H](O)C=C1. The lowest BCUT2D eigenvalue weighted by atomic mass is 9.91. The molecule has 2 aromatic rings. The zero-order chi connectivity index (χ0) is 20.0. The summed E-state index contributed by atoms with van der Waals surface area (Å²) in [5.41, 5.74) is 14.7. The predicted molar refractivity (Wildman–Crippen MR) is 107 cm³/mol. The Morgan fingerprint density at radius 1 is 1.36 bits per heavy atom. The Balaban J connectivity index is 1.94. The van der Waals surface area contributed by atoms with Gasteiger partial charge in [-0.15, -0.1) is 0 Å². The van der Waals surface area contributed by atoms with Crippen molar-refractivity contribution >= 4 is 34.4 Å². The van der Waals surface area contributed by atoms with Gasteiger partial charge in [0.15, 0.2) is 5.65 Å². The number of anilines is 2. The van der Waals surface area contributed by atoms with E-state index < -0.39 is 12.0 Å². The average Bonchev–Trinajstić information content (AvgIpc) is 2.97. The van der Waals surface area contributed by atoms with E-state index in [4.69, 9.17) is 16.2 Å². The summed E-state index contributed by atoms with van der Waals surface area (Å²) < 4.78 is 7.08. The minimum Gasteiger partial charge on any atom is -0.388 e. The van der Waals surface area contributed by atoms with E-state index in [2.05, 4.69) is 14.9 Å². The molecule has 0 unspecified atom stereocenters. The first kappa shape index (κ1) is 18.5. The van der Waals surface area contributed by atoms with Gasteiger partial charge in [-0.05, 0) is 12.5 Å². The third kappa shape index (κ3) is 2.83. The number of aromatic nitrogens is 3. The van der Waals surface area contributed by atoms with Gasteiger partial charge in [0.1, 0.15) is 22.7 Å². The van der Waals surface area contributed by atoms with E-state index >= 15 is 0 Å². The highest BCUT2D eigenvalue weighted by atomic mass is 16.5. The summed E-state index contributed by atoms with van der Waals surface area (Å²) in [4.78, 5) is 23.5. The Kier molecular flexibility index (Phi) is 4.56. The van der Waals surface area contributed by atoms with Gasteiger partial charge in [-0.2, -0.15) is 0 Å². The monoisotopic (exact) mass is 384 g/mol. The van der Waals surface area contributed by atoms with Gasteiger partial charge in [-0.3, -0.25) is 9.36 Å². The molecule has 1 amide bonds. The number of hydrogen-bond donors (Lipinski definition) is 3. The lowest BCUT2D eigenvalue weighted by Gasteiger charge is -2.28. The summed E-state index contributed by atoms with van der Waals surface area (Å²) >= 11 is 0. The molecule has 28 heavy (non-hydrogen) atoms. The number of aliphatic hydroxyl groups is 1. The molecule has 9 heteroatoms. The molecule has 3 heterocycles. The van der Waals surface area contributed by atoms with Crippen LogP contribution < -0.4 is 16.4 Å². The second-order valence-electron chi connectivity index (χ2n) is 7.17. The zero-order valence-electron chi connectivity index (χ0n) is 15.9. The molecule has 1 saturated heterocycles. The Labute approximate surface area is 162 Å². The first-order chi connectivity index (χ1) is 13.4. The summed E-state index contributed by atoms with van der Waals surface area (Å²) in [5, 5.41) is 10.3. The number of allylic oxidation sites excluding steroid dienone is 2. The van der Waals surface area contributed by atoms with E-state index in [1.807, 2.05) is 19.9 Å². The minimum absolute atomic E-state index is 0.147. The Morgan fingerprint density at radius 2 is 2.07 bits per heavy atom. The second-order valence-corrected chi connectivity index (χ2v) is 7.17. The van der Waals surface area contributed by atoms with Crippen LogP contribution in [0.25, 0.3) is 16.9 Å². The maximum atomic E-state index is 12.2. The fourth-order valence-corrected chi connectivity index (χ4v) is 3.88. The normalized spacial score (nSPS) is 22.9. The van der Waals surface area contributed by atoms with Crippen molar-refractivity contribution in [2.75, 3.05) is 36.9 Å². The standard InChI is InChI=1S/C19H24N6O3/c1-10-3-4-12(26)11(2)16(10)25-17(20)14(18(21)27)15-19(25)22-9-13(23-15)24-5-7-28-8-6-24/h3-4,9,11-12,26H,5-8,20H2,1-2H3,(H2,21,27)/t11-,12-/m1/s1. The Morgan fingerprint density at radius 3 is 2.75 bits per heavy atom. The summed E-state index contributed by atoms with van der Waals surface area (Å²) in [7, 11) is 0. The number of nitrogen functional groups attached to an aromatic ring is 1. The van der Waals surface area contributed by atoms with Crippen molar-refractivity contribution in [3.05, 3.63) is 29.5 Å². The lowest BCUT2D eigenvalue weighted by molar-refractivity contribution is 0.100. The molecule has 5 N–H and O–H groups in total. The van der Waals surface area contributed by atoms with Gasteiger partial charge >= 0.3 is 0 Å². The summed E-state index contributed by atoms with van der Waals surface area (Å²) in [6.45, 7) is 6.44. The molecular weight excluding hydrogens is 360 g/mol. The van der Waals surface area contributed by atoms with Gasteiger partial charge in [-0.25, -0.2) is 9.97 Å². The molecule has 1 aliphatic carbocycles. The summed E-state index contributed by atoms with van der Waals surface area (Å²) in [5.74, 6) is -0.0556. The summed E-state index contributed by atoms with van der Waals surface area (Å²) in [6.07, 6.45) is 4.59. The number of nitrogens with zero attached hydrogens (tertiary/aromatic N) is 4. The summed E-state index contributed by atoms with van der Waals surface area (Å²) in [6, 6.07) is 0. The molecular formula is C19H24N6O3. The van der Waals surface area contributed by atoms with Crippen LogP contribution in [0.5, 0.6) is 0 Å². The molecule has 4 rings (SSSR count). The number of hydrogen-bond acceptors (Lipinski definition) is 7. The molecule has 0 saturated carbocycles. The fourth-order valence-electron chi connectivity index (χ4n) is 3.88. The van der Waals surface area contributed by atoms with Gasteiger partial charge in [0.05, 0.1) is 25.5 Å². The maximum Gasteiger partial charge on any atom is 0.254 e. The maximum absolute atomic E-state index is 12.2. The van der Waals surface area contributed by atoms with Crippen LogP contribution in [0.1, 0.15) is 24.2 Å². The van der Waals surface area contributed by atoms with Crippen LogP contribution in [-0.2, 0) is 4.74 Å². The van der Waals surface area contributed by atoms with E-state index in [9.17, 15) is 9.90 Å². The number of amides is 1. The number of primary amides is 1. The van der Waals surface area contributed by atoms with Crippen molar-refractivity contribution in [1.29, 1.82) is 0 Å². The molecule has 0 bridgehead atoms. The Bertz CT molecular complexity index is 1000. The quantitative estimate of drug-likeness (QED) is 0.711. The van der Waals surface area contributed by atoms with E-state index in [-0.39, 0.29) is 17.3 Å². The highest BCUT2D eigenvalue weighted by Gasteiger charge is 2.30. The number of fused-ring (bicyclic) bond motifs is 1. The van der Waals surface area contributed by atoms with Gasteiger partial charge in [0, 0.05) is 24.7 Å². The molecule has 1 aliphatic heterocycles. The number of rotatable bonds is 3. The third-order valence-electron chi connectivity index (χ3n) is 5.40. The van der Waals surface area contributed by atoms with Crippen LogP contribution in [0, 0.1) is 5.92 Å². The van der Waals surface area contributed by atoms with E-state index in [1.54, 1.807) is 16.8 Å². The molecule has 0 spiro atoms. The van der Waals surface area contributed by atoms with Crippen molar-refractivity contribution in [2.24, 2.45) is 11.7 Å². The van der Waals surface area contributed by atoms with Gasteiger partial charge < -0.3 is 26.2 Å². The van der Waals surface area contributed by atoms with Crippen LogP contribution in [0.4, 0.5) is 11.6 Å². The lowest BCUT2D eigenvalue weighted by Crippen LogP contribution is -2.36. The zero-order valence-corrected chi connectivity index (χ0v) is 15.9. The van der Waals surface area contributed by atoms with Gasteiger partial charge in [-0.1, -0.05) is 19.1 Å². The van der Waals surface area contributed by atoms with Crippen molar-refractivity contribution in [3.8, 4) is 0 Å². The van der Waals surface area contributed by atoms with E-state index in [1.165, 1.54) is 0 Å². The van der Waals surface area contributed by atoms with Crippen molar-refractivity contribution in [1.82, 2.24) is 14.5 Å². The minimum atomic E-state index is -0.660. The van der Waals surface area contributed by atoms with Crippen LogP contribution in [0.15, 0.2) is 23.9 Å². The van der Waals surface area contributed by atoms with Gasteiger partial charge in [0.25, 0.3) is 5.91 Å². The molecule has 0 aromatic carbocycles. The van der Waals surface area contributed by atoms with Crippen LogP contribution in [0.3, 0.4) is 0 Å². The number of carbonyl (C=O) groups is 1. The number of ether oxygens (including phenoxy) is 1. The van der Waals surface area contributed by atoms with Crippen LogP contribution in [-0.4, -0.2) is 58.0 Å². The molecule has 148 valence electrons. The van der Waals surface area contributed by atoms with E-state index in [0.717, 1.165) is 11.3 Å². The molecule has 2 aliphatic rings. The fraction of sp³-hybridized carbons (Fsp3) is 0.421. The largest absolute Gasteiger partial charge is 0.388 e. The molecule has 9 nitrogen and oxygen atoms in total. The Hall–Kier alpha value is -2.91. The molecule has 1 fully saturated rings. The number of aliphatic hydroxyl groups excluding tert-OH is 1. The highest BCUT2D eigenvalue weighted by Crippen LogP contribution is 2.37. The highest BCUT2D eigenvalue weighted by molar-refractivity contribution is 6.10. The van der Waals surface area contributed by atoms with Crippen molar-refractivity contribution < 1.29 is 14.6 Å². The van der Waals surface area contributed by atoms with Gasteiger partial charge in [0.2, 0.25) is 0 Å². The molecule has 0 radical (unpaired) electrons. The van der Waals surface area contributed by atoms with Crippen LogP contribution in [0.2, 0.25) is 0 Å².